The van der Waals surface area contributed by atoms with Crippen LogP contribution in [0, 0.1) is 11.8 Å². The normalized spacial score (nSPS) is 35.4. The average molecular weight is 388 g/mol. The molecular weight excluding hydrogens is 358 g/mol. The Morgan fingerprint density at radius 1 is 1.41 bits per heavy atom. The third-order valence-corrected chi connectivity index (χ3v) is 5.82. The highest BCUT2D eigenvalue weighted by molar-refractivity contribution is 5.72. The molecule has 0 spiro atoms. The minimum atomic E-state index is -3.17. The van der Waals surface area contributed by atoms with Gasteiger partial charge in [0.05, 0.1) is 12.5 Å². The van der Waals surface area contributed by atoms with E-state index in [1.54, 1.807) is 0 Å². The summed E-state index contributed by atoms with van der Waals surface area (Å²) < 4.78 is 46.1. The molecule has 154 valence electrons. The summed E-state index contributed by atoms with van der Waals surface area (Å²) in [4.78, 5) is 11.4. The lowest BCUT2D eigenvalue weighted by Crippen LogP contribution is -2.39. The van der Waals surface area contributed by atoms with Gasteiger partial charge in [0.2, 0.25) is 0 Å². The van der Waals surface area contributed by atoms with Crippen LogP contribution in [0.2, 0.25) is 0 Å². The second-order valence-corrected chi connectivity index (χ2v) is 7.87. The number of alkyl halides is 2. The van der Waals surface area contributed by atoms with E-state index in [0.29, 0.717) is 25.9 Å². The Bertz CT molecular complexity index is 532. The van der Waals surface area contributed by atoms with Gasteiger partial charge in [-0.3, -0.25) is 4.79 Å². The van der Waals surface area contributed by atoms with Crippen molar-refractivity contribution >= 4 is 5.97 Å². The number of carbonyl (C=O) groups excluding carboxylic acids is 1. The molecule has 6 atom stereocenters. The van der Waals surface area contributed by atoms with Crippen LogP contribution in [-0.4, -0.2) is 48.2 Å². The fraction of sp³-hybridized carbons (Fsp3) is 0.850. The van der Waals surface area contributed by atoms with E-state index in [1.807, 2.05) is 6.92 Å². The molecule has 7 heteroatoms. The Morgan fingerprint density at radius 2 is 2.22 bits per heavy atom. The largest absolute Gasteiger partial charge is 0.462 e. The molecule has 0 radical (unpaired) electrons. The van der Waals surface area contributed by atoms with Gasteiger partial charge in [-0.15, -0.1) is 0 Å². The van der Waals surface area contributed by atoms with Crippen molar-refractivity contribution < 1.29 is 32.9 Å². The zero-order chi connectivity index (χ0) is 19.4. The molecule has 2 unspecified atom stereocenters. The maximum absolute atomic E-state index is 14.9. The Balaban J connectivity index is 1.66. The number of unbranched alkanes of at least 4 members (excludes halogenated alkanes) is 1. The number of hydrogen-bond acceptors (Lipinski definition) is 5. The molecule has 1 N–H and O–H groups in total. The predicted octanol–water partition coefficient (Wildman–Crippen LogP) is 3.59. The van der Waals surface area contributed by atoms with Crippen LogP contribution in [0.15, 0.2) is 12.2 Å². The summed E-state index contributed by atoms with van der Waals surface area (Å²) in [5.41, 5.74) is 0. The molecule has 3 fully saturated rings. The van der Waals surface area contributed by atoms with Crippen molar-refractivity contribution in [2.75, 3.05) is 6.61 Å². The number of carbonyl (C=O) groups is 1. The van der Waals surface area contributed by atoms with Crippen LogP contribution < -0.4 is 0 Å². The summed E-state index contributed by atoms with van der Waals surface area (Å²) in [6, 6.07) is 0. The number of aliphatic hydroxyl groups excluding tert-OH is 1. The topological polar surface area (TPSA) is 65.0 Å². The van der Waals surface area contributed by atoms with Crippen LogP contribution in [0.4, 0.5) is 8.78 Å². The number of hydrogen-bond donors (Lipinski definition) is 1. The number of halogens is 2. The number of fused-ring (bicyclic) bond motifs is 1. The summed E-state index contributed by atoms with van der Waals surface area (Å²) in [7, 11) is 0. The van der Waals surface area contributed by atoms with Crippen LogP contribution in [0.3, 0.4) is 0 Å². The van der Waals surface area contributed by atoms with Crippen LogP contribution in [-0.2, 0) is 19.0 Å². The van der Waals surface area contributed by atoms with Crippen molar-refractivity contribution in [1.29, 1.82) is 0 Å². The van der Waals surface area contributed by atoms with Gasteiger partial charge < -0.3 is 19.3 Å². The average Bonchev–Trinajstić information content (AvgIpc) is 3.12. The minimum Gasteiger partial charge on any atom is -0.462 e. The van der Waals surface area contributed by atoms with Crippen molar-refractivity contribution in [3.05, 3.63) is 12.2 Å². The van der Waals surface area contributed by atoms with Gasteiger partial charge in [-0.25, -0.2) is 0 Å². The fourth-order valence-electron chi connectivity index (χ4n) is 4.28. The first-order chi connectivity index (χ1) is 12.9. The standard InChI is InChI=1S/C20H30F2O5/c1-2-3-6-17(27-19-7-4-5-10-25-19)20(21,22)9-8-13-14-11-18(24)26-16(14)12-15(13)23/h8-9,13-17,19,23H,2-7,10-12H2,1H3/t13-,14-,15-,16+,17?,19?/m1/s1. The zero-order valence-corrected chi connectivity index (χ0v) is 15.8. The van der Waals surface area contributed by atoms with Gasteiger partial charge in [-0.1, -0.05) is 25.8 Å². The molecule has 2 heterocycles. The van der Waals surface area contributed by atoms with Gasteiger partial charge in [0.15, 0.2) is 6.29 Å². The van der Waals surface area contributed by atoms with Crippen LogP contribution in [0.25, 0.3) is 0 Å². The Kier molecular flexibility index (Phi) is 6.87. The third kappa shape index (κ3) is 5.06. The lowest BCUT2D eigenvalue weighted by atomic mass is 9.91. The van der Waals surface area contributed by atoms with Crippen molar-refractivity contribution in [2.24, 2.45) is 11.8 Å². The molecule has 0 aromatic carbocycles. The van der Waals surface area contributed by atoms with E-state index in [9.17, 15) is 18.7 Å². The Morgan fingerprint density at radius 3 is 2.93 bits per heavy atom. The van der Waals surface area contributed by atoms with Gasteiger partial charge in [-0.05, 0) is 31.8 Å². The van der Waals surface area contributed by atoms with Crippen LogP contribution >= 0.6 is 0 Å². The van der Waals surface area contributed by atoms with Gasteiger partial charge in [0.25, 0.3) is 5.92 Å². The summed E-state index contributed by atoms with van der Waals surface area (Å²) in [5.74, 6) is -4.21. The van der Waals surface area contributed by atoms with Crippen molar-refractivity contribution in [2.45, 2.75) is 88.8 Å². The molecule has 27 heavy (non-hydrogen) atoms. The molecule has 1 saturated carbocycles. The SMILES string of the molecule is CCCCC(OC1CCCCO1)C(F)(F)C=C[C@@H]1[C@H]2CC(=O)O[C@H]2C[C@H]1O. The third-order valence-electron chi connectivity index (χ3n) is 5.82. The summed E-state index contributed by atoms with van der Waals surface area (Å²) in [6.45, 7) is 2.49. The summed E-state index contributed by atoms with van der Waals surface area (Å²) in [6.07, 6.45) is 3.89. The van der Waals surface area contributed by atoms with Crippen LogP contribution in [0.5, 0.6) is 0 Å². The van der Waals surface area contributed by atoms with E-state index < -0.39 is 30.3 Å². The smallest absolute Gasteiger partial charge is 0.306 e. The van der Waals surface area contributed by atoms with E-state index in [1.165, 1.54) is 6.08 Å². The second-order valence-electron chi connectivity index (χ2n) is 7.87. The lowest BCUT2D eigenvalue weighted by molar-refractivity contribution is -0.229. The fourth-order valence-corrected chi connectivity index (χ4v) is 4.28. The van der Waals surface area contributed by atoms with Crippen molar-refractivity contribution in [3.63, 3.8) is 0 Å². The maximum Gasteiger partial charge on any atom is 0.306 e. The predicted molar refractivity (Wildman–Crippen MR) is 94.2 cm³/mol. The van der Waals surface area contributed by atoms with E-state index in [-0.39, 0.29) is 30.8 Å². The molecule has 2 saturated heterocycles. The van der Waals surface area contributed by atoms with Crippen molar-refractivity contribution in [1.82, 2.24) is 0 Å². The first kappa shape index (κ1) is 20.7. The molecule has 1 aliphatic carbocycles. The van der Waals surface area contributed by atoms with Gasteiger partial charge in [0.1, 0.15) is 12.2 Å². The number of ether oxygens (including phenoxy) is 3. The zero-order valence-electron chi connectivity index (χ0n) is 15.8. The molecule has 0 amide bonds. The quantitative estimate of drug-likeness (QED) is 0.508. The van der Waals surface area contributed by atoms with Gasteiger partial charge >= 0.3 is 5.97 Å². The first-order valence-electron chi connectivity index (χ1n) is 10.1. The highest BCUT2D eigenvalue weighted by atomic mass is 19.3. The lowest BCUT2D eigenvalue weighted by Gasteiger charge is -2.31. The summed E-state index contributed by atoms with van der Waals surface area (Å²) >= 11 is 0. The monoisotopic (exact) mass is 388 g/mol. The van der Waals surface area contributed by atoms with E-state index >= 15 is 0 Å². The summed E-state index contributed by atoms with van der Waals surface area (Å²) in [5, 5.41) is 10.2. The molecule has 0 aromatic rings. The highest BCUT2D eigenvalue weighted by Gasteiger charge is 2.49. The van der Waals surface area contributed by atoms with Crippen LogP contribution in [0.1, 0.15) is 58.3 Å². The Labute approximate surface area is 159 Å². The Hall–Kier alpha value is -1.05. The van der Waals surface area contributed by atoms with E-state index in [0.717, 1.165) is 25.3 Å². The minimum absolute atomic E-state index is 0.175. The number of aliphatic hydroxyl groups is 1. The number of rotatable bonds is 8. The number of esters is 1. The van der Waals surface area contributed by atoms with E-state index in [2.05, 4.69) is 0 Å². The van der Waals surface area contributed by atoms with Crippen molar-refractivity contribution in [3.8, 4) is 0 Å². The molecule has 0 bridgehead atoms. The molecule has 0 aromatic heterocycles. The van der Waals surface area contributed by atoms with Gasteiger partial charge in [0, 0.05) is 24.9 Å². The second kappa shape index (κ2) is 8.97. The van der Waals surface area contributed by atoms with E-state index in [4.69, 9.17) is 14.2 Å². The molecule has 3 rings (SSSR count). The molecule has 5 nitrogen and oxygen atoms in total. The van der Waals surface area contributed by atoms with Gasteiger partial charge in [-0.2, -0.15) is 8.78 Å². The molecule has 3 aliphatic rings. The maximum atomic E-state index is 14.9. The first-order valence-corrected chi connectivity index (χ1v) is 10.1. The molecular formula is C20H30F2O5. The molecule has 2 aliphatic heterocycles. The highest BCUT2D eigenvalue weighted by Crippen LogP contribution is 2.43.